The van der Waals surface area contributed by atoms with Crippen molar-refractivity contribution in [3.63, 3.8) is 0 Å². The van der Waals surface area contributed by atoms with Crippen LogP contribution in [0.5, 0.6) is 5.75 Å². The number of hydrogen-bond donors (Lipinski definition) is 2. The van der Waals surface area contributed by atoms with Crippen molar-refractivity contribution in [1.29, 1.82) is 0 Å². The average Bonchev–Trinajstić information content (AvgIpc) is 2.59. The van der Waals surface area contributed by atoms with Crippen molar-refractivity contribution < 1.29 is 26.7 Å². The number of nitrogens with one attached hydrogen (secondary N) is 2. The van der Waals surface area contributed by atoms with Crippen molar-refractivity contribution in [2.24, 2.45) is 5.10 Å². The zero-order chi connectivity index (χ0) is 20.0. The van der Waals surface area contributed by atoms with Crippen LogP contribution in [0.25, 0.3) is 0 Å². The van der Waals surface area contributed by atoms with Crippen LogP contribution in [0.15, 0.2) is 53.6 Å². The number of nitrogens with zero attached hydrogens (tertiary/aromatic N) is 1. The van der Waals surface area contributed by atoms with Crippen LogP contribution in [0.2, 0.25) is 0 Å². The van der Waals surface area contributed by atoms with Crippen molar-refractivity contribution in [3.8, 4) is 5.75 Å². The molecule has 2 aromatic rings. The standard InChI is InChI=1S/C17H14F5N3OS/c1-10(11-6-2-5-9-14(11)26-15(18)19)24-25-16(27)23-13-8-4-3-7-12(13)17(20,21)22/h2-9,15H,1H3,(H2,23,25,27). The van der Waals surface area contributed by atoms with Crippen molar-refractivity contribution in [2.45, 2.75) is 19.7 Å². The zero-order valence-corrected chi connectivity index (χ0v) is 14.7. The van der Waals surface area contributed by atoms with Gasteiger partial charge in [-0.25, -0.2) is 0 Å². The van der Waals surface area contributed by atoms with Crippen LogP contribution in [0.1, 0.15) is 18.1 Å². The highest BCUT2D eigenvalue weighted by Crippen LogP contribution is 2.34. The predicted molar refractivity (Wildman–Crippen MR) is 96.1 cm³/mol. The van der Waals surface area contributed by atoms with Crippen molar-refractivity contribution in [3.05, 3.63) is 59.7 Å². The first-order valence-electron chi connectivity index (χ1n) is 7.50. The van der Waals surface area contributed by atoms with Crippen LogP contribution in [-0.4, -0.2) is 17.4 Å². The number of ether oxygens (including phenoxy) is 1. The molecule has 0 spiro atoms. The summed E-state index contributed by atoms with van der Waals surface area (Å²) < 4.78 is 68.2. The largest absolute Gasteiger partial charge is 0.434 e. The molecule has 0 saturated carbocycles. The molecule has 0 bridgehead atoms. The third-order valence-electron chi connectivity index (χ3n) is 3.30. The van der Waals surface area contributed by atoms with Gasteiger partial charge in [0.15, 0.2) is 5.11 Å². The maximum absolute atomic E-state index is 13.0. The van der Waals surface area contributed by atoms with Gasteiger partial charge in [0.05, 0.1) is 17.0 Å². The van der Waals surface area contributed by atoms with Crippen LogP contribution in [0.4, 0.5) is 27.6 Å². The van der Waals surface area contributed by atoms with Gasteiger partial charge < -0.3 is 10.1 Å². The van der Waals surface area contributed by atoms with Crippen molar-refractivity contribution in [2.75, 3.05) is 5.32 Å². The number of hydrazone groups is 1. The van der Waals surface area contributed by atoms with Gasteiger partial charge in [-0.1, -0.05) is 24.3 Å². The Labute approximate surface area is 157 Å². The molecule has 2 aromatic carbocycles. The number of benzene rings is 2. The topological polar surface area (TPSA) is 45.7 Å². The van der Waals surface area contributed by atoms with Gasteiger partial charge in [0.25, 0.3) is 0 Å². The fourth-order valence-corrected chi connectivity index (χ4v) is 2.30. The molecule has 144 valence electrons. The number of thiocarbonyl (C=S) groups is 1. The lowest BCUT2D eigenvalue weighted by Crippen LogP contribution is -2.26. The molecule has 0 aliphatic rings. The number of para-hydroxylation sites is 2. The van der Waals surface area contributed by atoms with Gasteiger partial charge in [0, 0.05) is 5.56 Å². The third kappa shape index (κ3) is 5.88. The molecule has 0 radical (unpaired) electrons. The summed E-state index contributed by atoms with van der Waals surface area (Å²) in [5.41, 5.74) is 1.79. The third-order valence-corrected chi connectivity index (χ3v) is 3.49. The minimum Gasteiger partial charge on any atom is -0.434 e. The lowest BCUT2D eigenvalue weighted by molar-refractivity contribution is -0.136. The molecule has 0 amide bonds. The van der Waals surface area contributed by atoms with Crippen LogP contribution < -0.4 is 15.5 Å². The summed E-state index contributed by atoms with van der Waals surface area (Å²) in [5.74, 6) is -0.0863. The van der Waals surface area contributed by atoms with Gasteiger partial charge in [0.1, 0.15) is 5.75 Å². The van der Waals surface area contributed by atoms with Crippen LogP contribution in [0.3, 0.4) is 0 Å². The van der Waals surface area contributed by atoms with E-state index in [-0.39, 0.29) is 27.8 Å². The van der Waals surface area contributed by atoms with Gasteiger partial charge in [-0.05, 0) is 43.4 Å². The first-order valence-corrected chi connectivity index (χ1v) is 7.91. The Bertz CT molecular complexity index is 839. The van der Waals surface area contributed by atoms with E-state index in [9.17, 15) is 22.0 Å². The molecule has 0 unspecified atom stereocenters. The average molecular weight is 403 g/mol. The fourth-order valence-electron chi connectivity index (χ4n) is 2.15. The zero-order valence-electron chi connectivity index (χ0n) is 13.8. The van der Waals surface area contributed by atoms with E-state index >= 15 is 0 Å². The Morgan fingerprint density at radius 2 is 1.70 bits per heavy atom. The predicted octanol–water partition coefficient (Wildman–Crippen LogP) is 5.02. The molecular formula is C17H14F5N3OS. The van der Waals surface area contributed by atoms with E-state index in [0.717, 1.165) is 6.07 Å². The number of anilines is 1. The van der Waals surface area contributed by atoms with E-state index in [1.165, 1.54) is 43.3 Å². The Morgan fingerprint density at radius 1 is 1.07 bits per heavy atom. The minimum absolute atomic E-state index is 0.0863. The minimum atomic E-state index is -4.55. The van der Waals surface area contributed by atoms with Gasteiger partial charge in [-0.15, -0.1) is 0 Å². The highest BCUT2D eigenvalue weighted by Gasteiger charge is 2.33. The number of alkyl halides is 5. The van der Waals surface area contributed by atoms with Crippen molar-refractivity contribution in [1.82, 2.24) is 5.43 Å². The summed E-state index contributed by atoms with van der Waals surface area (Å²) in [6, 6.07) is 10.8. The monoisotopic (exact) mass is 403 g/mol. The second kappa shape index (κ2) is 8.76. The molecule has 0 aliphatic heterocycles. The summed E-state index contributed by atoms with van der Waals surface area (Å²) in [4.78, 5) is 0. The number of hydrogen-bond acceptors (Lipinski definition) is 3. The molecule has 2 N–H and O–H groups in total. The molecule has 10 heteroatoms. The SMILES string of the molecule is CC(=NNC(=S)Nc1ccccc1C(F)(F)F)c1ccccc1OC(F)F. The second-order valence-electron chi connectivity index (χ2n) is 5.18. The summed E-state index contributed by atoms with van der Waals surface area (Å²) >= 11 is 4.94. The molecule has 0 heterocycles. The Balaban J connectivity index is 2.12. The second-order valence-corrected chi connectivity index (χ2v) is 5.59. The van der Waals surface area contributed by atoms with E-state index in [1.54, 1.807) is 6.07 Å². The molecule has 2 rings (SSSR count). The quantitative estimate of drug-likeness (QED) is 0.319. The normalized spacial score (nSPS) is 12.0. The van der Waals surface area contributed by atoms with Crippen LogP contribution >= 0.6 is 12.2 Å². The van der Waals surface area contributed by atoms with E-state index in [1.807, 2.05) is 0 Å². The van der Waals surface area contributed by atoms with E-state index < -0.39 is 18.4 Å². The molecular weight excluding hydrogens is 389 g/mol. The van der Waals surface area contributed by atoms with E-state index in [4.69, 9.17) is 12.2 Å². The number of halogens is 5. The maximum atomic E-state index is 13.0. The molecule has 0 aliphatic carbocycles. The van der Waals surface area contributed by atoms with Crippen molar-refractivity contribution >= 4 is 28.7 Å². The maximum Gasteiger partial charge on any atom is 0.418 e. The first kappa shape index (κ1) is 20.6. The molecule has 0 atom stereocenters. The first-order chi connectivity index (χ1) is 12.7. The van der Waals surface area contributed by atoms with Gasteiger partial charge in [-0.2, -0.15) is 27.1 Å². The summed E-state index contributed by atoms with van der Waals surface area (Å²) in [6.07, 6.45) is -4.55. The summed E-state index contributed by atoms with van der Waals surface area (Å²) in [7, 11) is 0. The smallest absolute Gasteiger partial charge is 0.418 e. The Morgan fingerprint density at radius 3 is 2.37 bits per heavy atom. The molecule has 0 fully saturated rings. The number of rotatable bonds is 5. The molecule has 4 nitrogen and oxygen atoms in total. The lowest BCUT2D eigenvalue weighted by atomic mass is 10.1. The molecule has 0 aromatic heterocycles. The lowest BCUT2D eigenvalue weighted by Gasteiger charge is -2.15. The van der Waals surface area contributed by atoms with Crippen LogP contribution in [0, 0.1) is 0 Å². The summed E-state index contributed by atoms with van der Waals surface area (Å²) in [5, 5.41) is 6.12. The highest BCUT2D eigenvalue weighted by atomic mass is 32.1. The van der Waals surface area contributed by atoms with E-state index in [2.05, 4.69) is 20.6 Å². The highest BCUT2D eigenvalue weighted by molar-refractivity contribution is 7.80. The Kier molecular flexibility index (Phi) is 6.67. The van der Waals surface area contributed by atoms with Gasteiger partial charge in [-0.3, -0.25) is 5.43 Å². The molecule has 27 heavy (non-hydrogen) atoms. The van der Waals surface area contributed by atoms with Gasteiger partial charge in [0.2, 0.25) is 0 Å². The molecule has 0 saturated heterocycles. The van der Waals surface area contributed by atoms with Gasteiger partial charge >= 0.3 is 12.8 Å². The Hall–Kier alpha value is -2.75. The van der Waals surface area contributed by atoms with Crippen LogP contribution in [-0.2, 0) is 6.18 Å². The fraction of sp³-hybridized carbons (Fsp3) is 0.176. The van der Waals surface area contributed by atoms with E-state index in [0.29, 0.717) is 0 Å². The summed E-state index contributed by atoms with van der Waals surface area (Å²) in [6.45, 7) is -1.50.